The third-order valence-electron chi connectivity index (χ3n) is 3.88. The second-order valence-electron chi connectivity index (χ2n) is 5.77. The number of aliphatic carboxylic acids is 1. The molecule has 0 bridgehead atoms. The molecule has 0 spiro atoms. The summed E-state index contributed by atoms with van der Waals surface area (Å²) in [6.07, 6.45) is 1.04. The maximum absolute atomic E-state index is 11.7. The number of hydrogen-bond donors (Lipinski definition) is 3. The van der Waals surface area contributed by atoms with Gasteiger partial charge in [0.25, 0.3) is 0 Å². The van der Waals surface area contributed by atoms with E-state index in [0.29, 0.717) is 17.7 Å². The van der Waals surface area contributed by atoms with Crippen LogP contribution in [0.15, 0.2) is 36.4 Å². The van der Waals surface area contributed by atoms with Crippen molar-refractivity contribution in [2.45, 2.75) is 32.6 Å². The van der Waals surface area contributed by atoms with Crippen molar-refractivity contribution in [3.8, 4) is 17.2 Å². The lowest BCUT2D eigenvalue weighted by atomic mass is 9.89. The Hall–Kier alpha value is -2.69. The second kappa shape index (κ2) is 7.73. The van der Waals surface area contributed by atoms with Gasteiger partial charge in [0.15, 0.2) is 0 Å². The van der Waals surface area contributed by atoms with Crippen LogP contribution in [0, 0.1) is 6.92 Å². The minimum absolute atomic E-state index is 0.0586. The number of benzene rings is 2. The van der Waals surface area contributed by atoms with Gasteiger partial charge in [-0.05, 0) is 54.7 Å². The average molecular weight is 330 g/mol. The zero-order valence-electron chi connectivity index (χ0n) is 13.8. The number of carbonyl (C=O) groups is 1. The van der Waals surface area contributed by atoms with Crippen LogP contribution in [0.2, 0.25) is 0 Å². The van der Waals surface area contributed by atoms with Crippen molar-refractivity contribution in [3.05, 3.63) is 53.1 Å². The molecule has 0 radical (unpaired) electrons. The largest absolute Gasteiger partial charge is 0.508 e. The van der Waals surface area contributed by atoms with Crippen molar-refractivity contribution in [1.82, 2.24) is 0 Å². The number of phenolic OH excluding ortho intramolecular Hbond substituents is 2. The lowest BCUT2D eigenvalue weighted by molar-refractivity contribution is -0.138. The molecule has 128 valence electrons. The van der Waals surface area contributed by atoms with E-state index in [2.05, 4.69) is 0 Å². The van der Waals surface area contributed by atoms with E-state index in [1.54, 1.807) is 12.1 Å². The summed E-state index contributed by atoms with van der Waals surface area (Å²) >= 11 is 0. The lowest BCUT2D eigenvalue weighted by Gasteiger charge is -2.17. The summed E-state index contributed by atoms with van der Waals surface area (Å²) in [5.41, 5.74) is 1.99. The van der Waals surface area contributed by atoms with E-state index >= 15 is 0 Å². The maximum Gasteiger partial charge on any atom is 0.311 e. The first-order chi connectivity index (χ1) is 11.4. The number of carboxylic acid groups (broad SMARTS) is 1. The fraction of sp³-hybridized carbons (Fsp3) is 0.316. The Labute approximate surface area is 141 Å². The van der Waals surface area contributed by atoms with Gasteiger partial charge < -0.3 is 20.1 Å². The Morgan fingerprint density at radius 2 is 1.92 bits per heavy atom. The predicted octanol–water partition coefficient (Wildman–Crippen LogP) is 3.61. The number of aryl methyl sites for hydroxylation is 1. The number of hydrogen-bond acceptors (Lipinski definition) is 4. The Morgan fingerprint density at radius 3 is 2.50 bits per heavy atom. The zero-order chi connectivity index (χ0) is 17.7. The van der Waals surface area contributed by atoms with E-state index in [1.807, 2.05) is 19.9 Å². The number of ether oxygens (including phenoxy) is 1. The van der Waals surface area contributed by atoms with Crippen molar-refractivity contribution < 1.29 is 24.9 Å². The van der Waals surface area contributed by atoms with Crippen LogP contribution in [0.3, 0.4) is 0 Å². The predicted molar refractivity (Wildman–Crippen MR) is 90.8 cm³/mol. The molecule has 5 heteroatoms. The third kappa shape index (κ3) is 4.19. The molecule has 3 N–H and O–H groups in total. The van der Waals surface area contributed by atoms with Crippen LogP contribution in [-0.4, -0.2) is 27.9 Å². The minimum Gasteiger partial charge on any atom is -0.508 e. The summed E-state index contributed by atoms with van der Waals surface area (Å²) in [5.74, 6) is -1.21. The van der Waals surface area contributed by atoms with Gasteiger partial charge in [0, 0.05) is 6.07 Å². The molecule has 24 heavy (non-hydrogen) atoms. The molecule has 0 aliphatic carbocycles. The Bertz CT molecular complexity index is 724. The quantitative estimate of drug-likeness (QED) is 0.722. The molecule has 0 saturated heterocycles. The SMILES string of the molecule is CCCOc1ccc(C(Cc2ccc(O)cc2O)C(=O)O)c(C)c1. The highest BCUT2D eigenvalue weighted by molar-refractivity contribution is 5.77. The van der Waals surface area contributed by atoms with Crippen LogP contribution in [0.25, 0.3) is 0 Å². The summed E-state index contributed by atoms with van der Waals surface area (Å²) in [6, 6.07) is 9.54. The first-order valence-electron chi connectivity index (χ1n) is 7.89. The van der Waals surface area contributed by atoms with Gasteiger partial charge in [-0.15, -0.1) is 0 Å². The highest BCUT2D eigenvalue weighted by atomic mass is 16.5. The van der Waals surface area contributed by atoms with Gasteiger partial charge in [0.2, 0.25) is 0 Å². The summed E-state index contributed by atoms with van der Waals surface area (Å²) in [5, 5.41) is 28.9. The van der Waals surface area contributed by atoms with Crippen molar-refractivity contribution >= 4 is 5.97 Å². The first kappa shape index (κ1) is 17.7. The number of phenols is 2. The monoisotopic (exact) mass is 330 g/mol. The van der Waals surface area contributed by atoms with Gasteiger partial charge in [0.1, 0.15) is 17.2 Å². The van der Waals surface area contributed by atoms with Crippen LogP contribution in [0.4, 0.5) is 0 Å². The van der Waals surface area contributed by atoms with E-state index in [-0.39, 0.29) is 17.9 Å². The van der Waals surface area contributed by atoms with Crippen molar-refractivity contribution in [3.63, 3.8) is 0 Å². The minimum atomic E-state index is -0.965. The molecule has 0 aromatic heterocycles. The molecular weight excluding hydrogens is 308 g/mol. The summed E-state index contributed by atoms with van der Waals surface area (Å²) < 4.78 is 5.57. The molecule has 0 aliphatic heterocycles. The van der Waals surface area contributed by atoms with Crippen LogP contribution in [0.1, 0.15) is 36.0 Å². The maximum atomic E-state index is 11.7. The molecule has 0 aliphatic rings. The van der Waals surface area contributed by atoms with Gasteiger partial charge in [-0.1, -0.05) is 19.1 Å². The standard InChI is InChI=1S/C19H22O5/c1-3-8-24-15-6-7-16(12(2)9-15)17(19(22)23)10-13-4-5-14(20)11-18(13)21/h4-7,9,11,17,20-21H,3,8,10H2,1-2H3,(H,22,23). The fourth-order valence-corrected chi connectivity index (χ4v) is 2.62. The van der Waals surface area contributed by atoms with Crippen molar-refractivity contribution in [1.29, 1.82) is 0 Å². The van der Waals surface area contributed by atoms with Gasteiger partial charge in [-0.25, -0.2) is 0 Å². The van der Waals surface area contributed by atoms with Gasteiger partial charge >= 0.3 is 5.97 Å². The van der Waals surface area contributed by atoms with Gasteiger partial charge in [-0.2, -0.15) is 0 Å². The molecule has 1 unspecified atom stereocenters. The Kier molecular flexibility index (Phi) is 5.68. The number of carboxylic acids is 1. The van der Waals surface area contributed by atoms with Crippen molar-refractivity contribution in [2.75, 3.05) is 6.61 Å². The zero-order valence-corrected chi connectivity index (χ0v) is 13.8. The van der Waals surface area contributed by atoms with Crippen LogP contribution >= 0.6 is 0 Å². The molecule has 0 amide bonds. The van der Waals surface area contributed by atoms with E-state index < -0.39 is 11.9 Å². The van der Waals surface area contributed by atoms with E-state index in [4.69, 9.17) is 4.74 Å². The first-order valence-corrected chi connectivity index (χ1v) is 7.89. The smallest absolute Gasteiger partial charge is 0.311 e. The molecule has 0 fully saturated rings. The number of aromatic hydroxyl groups is 2. The van der Waals surface area contributed by atoms with Crippen LogP contribution in [0.5, 0.6) is 17.2 Å². The third-order valence-corrected chi connectivity index (χ3v) is 3.88. The topological polar surface area (TPSA) is 87.0 Å². The highest BCUT2D eigenvalue weighted by Gasteiger charge is 2.23. The molecular formula is C19H22O5. The molecule has 5 nitrogen and oxygen atoms in total. The molecule has 1 atom stereocenters. The Balaban J connectivity index is 2.29. The van der Waals surface area contributed by atoms with Gasteiger partial charge in [0.05, 0.1) is 12.5 Å². The second-order valence-corrected chi connectivity index (χ2v) is 5.77. The molecule has 2 aromatic rings. The Morgan fingerprint density at radius 1 is 1.17 bits per heavy atom. The summed E-state index contributed by atoms with van der Waals surface area (Å²) in [6.45, 7) is 4.48. The highest BCUT2D eigenvalue weighted by Crippen LogP contribution is 2.31. The summed E-state index contributed by atoms with van der Waals surface area (Å²) in [4.78, 5) is 11.7. The van der Waals surface area contributed by atoms with Crippen LogP contribution < -0.4 is 4.74 Å². The van der Waals surface area contributed by atoms with E-state index in [1.165, 1.54) is 18.2 Å². The average Bonchev–Trinajstić information content (AvgIpc) is 2.52. The summed E-state index contributed by atoms with van der Waals surface area (Å²) in [7, 11) is 0. The normalized spacial score (nSPS) is 11.9. The van der Waals surface area contributed by atoms with Gasteiger partial charge in [-0.3, -0.25) is 4.79 Å². The fourth-order valence-electron chi connectivity index (χ4n) is 2.62. The van der Waals surface area contributed by atoms with Crippen LogP contribution in [-0.2, 0) is 11.2 Å². The lowest BCUT2D eigenvalue weighted by Crippen LogP contribution is -2.16. The van der Waals surface area contributed by atoms with E-state index in [9.17, 15) is 20.1 Å². The number of rotatable bonds is 7. The molecule has 0 heterocycles. The molecule has 0 saturated carbocycles. The van der Waals surface area contributed by atoms with Crippen molar-refractivity contribution in [2.24, 2.45) is 0 Å². The molecule has 2 rings (SSSR count). The molecule has 2 aromatic carbocycles. The van der Waals surface area contributed by atoms with E-state index in [0.717, 1.165) is 17.7 Å².